The molecule has 24 heavy (non-hydrogen) atoms. The second kappa shape index (κ2) is 9.20. The van der Waals surface area contributed by atoms with Crippen LogP contribution in [-0.4, -0.2) is 32.1 Å². The van der Waals surface area contributed by atoms with Gasteiger partial charge in [-0.3, -0.25) is 9.59 Å². The van der Waals surface area contributed by atoms with E-state index in [1.807, 2.05) is 30.3 Å². The molecular formula is C18H19BrN2O3. The fourth-order valence-electron chi connectivity index (χ4n) is 2.09. The lowest BCUT2D eigenvalue weighted by Crippen LogP contribution is -2.28. The van der Waals surface area contributed by atoms with Crippen LogP contribution in [0.3, 0.4) is 0 Å². The molecule has 0 aliphatic rings. The number of nitrogens with one attached hydrogen (secondary N) is 2. The van der Waals surface area contributed by atoms with Crippen molar-refractivity contribution in [1.82, 2.24) is 5.32 Å². The summed E-state index contributed by atoms with van der Waals surface area (Å²) < 4.78 is 5.62. The van der Waals surface area contributed by atoms with Gasteiger partial charge >= 0.3 is 0 Å². The van der Waals surface area contributed by atoms with Gasteiger partial charge in [-0.1, -0.05) is 24.3 Å². The minimum absolute atomic E-state index is 0.0583. The van der Waals surface area contributed by atoms with Gasteiger partial charge in [0.25, 0.3) is 5.91 Å². The summed E-state index contributed by atoms with van der Waals surface area (Å²) in [5.41, 5.74) is 2.13. The van der Waals surface area contributed by atoms with Crippen molar-refractivity contribution in [2.75, 3.05) is 25.6 Å². The third kappa shape index (κ3) is 5.47. The van der Waals surface area contributed by atoms with Crippen molar-refractivity contribution >= 4 is 33.4 Å². The van der Waals surface area contributed by atoms with Crippen molar-refractivity contribution in [2.24, 2.45) is 0 Å². The average molecular weight is 391 g/mol. The zero-order chi connectivity index (χ0) is 17.4. The van der Waals surface area contributed by atoms with Crippen LogP contribution in [0.4, 0.5) is 5.69 Å². The first-order valence-corrected chi connectivity index (χ1v) is 8.30. The molecule has 2 aromatic carbocycles. The number of hydrogen-bond donors (Lipinski definition) is 2. The summed E-state index contributed by atoms with van der Waals surface area (Å²) in [7, 11) is 1.59. The van der Waals surface area contributed by atoms with Gasteiger partial charge in [-0.25, -0.2) is 0 Å². The van der Waals surface area contributed by atoms with Crippen LogP contribution in [0.15, 0.2) is 53.0 Å². The van der Waals surface area contributed by atoms with Crippen LogP contribution in [0.2, 0.25) is 0 Å². The van der Waals surface area contributed by atoms with Crippen molar-refractivity contribution in [2.45, 2.75) is 6.42 Å². The summed E-state index contributed by atoms with van der Waals surface area (Å²) in [5, 5.41) is 5.60. The number of halogens is 1. The summed E-state index contributed by atoms with van der Waals surface area (Å²) in [6, 6.07) is 14.5. The minimum Gasteiger partial charge on any atom is -0.383 e. The van der Waals surface area contributed by atoms with Crippen molar-refractivity contribution in [3.8, 4) is 0 Å². The molecule has 6 heteroatoms. The van der Waals surface area contributed by atoms with Gasteiger partial charge in [-0.05, 0) is 45.8 Å². The first-order valence-electron chi connectivity index (χ1n) is 7.50. The van der Waals surface area contributed by atoms with Crippen molar-refractivity contribution in [1.29, 1.82) is 0 Å². The molecule has 2 amide bonds. The Balaban J connectivity index is 1.91. The first kappa shape index (κ1) is 18.2. The number of carbonyl (C=O) groups excluding carboxylic acids is 2. The lowest BCUT2D eigenvalue weighted by molar-refractivity contribution is -0.120. The Kier molecular flexibility index (Phi) is 6.96. The third-order valence-corrected chi connectivity index (χ3v) is 4.01. The first-order chi connectivity index (χ1) is 11.6. The zero-order valence-electron chi connectivity index (χ0n) is 13.3. The number of anilines is 1. The number of hydrogen-bond acceptors (Lipinski definition) is 3. The molecule has 0 aromatic heterocycles. The van der Waals surface area contributed by atoms with Crippen molar-refractivity contribution in [3.05, 3.63) is 64.1 Å². The fourth-order valence-corrected chi connectivity index (χ4v) is 2.55. The Labute approximate surface area is 149 Å². The number of benzene rings is 2. The highest BCUT2D eigenvalue weighted by Gasteiger charge is 2.09. The summed E-state index contributed by atoms with van der Waals surface area (Å²) in [4.78, 5) is 24.0. The molecule has 2 aromatic rings. The van der Waals surface area contributed by atoms with Gasteiger partial charge in [-0.15, -0.1) is 0 Å². The molecule has 0 atom stereocenters. The van der Waals surface area contributed by atoms with Crippen LogP contribution >= 0.6 is 15.9 Å². The zero-order valence-corrected chi connectivity index (χ0v) is 14.9. The Morgan fingerprint density at radius 3 is 2.46 bits per heavy atom. The Hall–Kier alpha value is -2.18. The fraction of sp³-hybridized carbons (Fsp3) is 0.222. The molecule has 0 radical (unpaired) electrons. The maximum Gasteiger partial charge on any atom is 0.256 e. The molecule has 2 N–H and O–H groups in total. The van der Waals surface area contributed by atoms with Crippen molar-refractivity contribution in [3.63, 3.8) is 0 Å². The average Bonchev–Trinajstić information content (AvgIpc) is 2.57. The van der Waals surface area contributed by atoms with Crippen LogP contribution in [0.5, 0.6) is 0 Å². The molecular weight excluding hydrogens is 372 g/mol. The minimum atomic E-state index is -0.187. The number of amides is 2. The number of ether oxygens (including phenoxy) is 1. The molecule has 0 unspecified atom stereocenters. The summed E-state index contributed by atoms with van der Waals surface area (Å²) in [5.74, 6) is -0.246. The standard InChI is InChI=1S/C18H19BrN2O3/c1-24-11-10-20-17(22)12-13-6-8-14(9-7-13)21-18(23)15-4-2-3-5-16(15)19/h2-9H,10-12H2,1H3,(H,20,22)(H,21,23). The highest BCUT2D eigenvalue weighted by molar-refractivity contribution is 9.10. The monoisotopic (exact) mass is 390 g/mol. The lowest BCUT2D eigenvalue weighted by atomic mass is 10.1. The second-order valence-corrected chi connectivity index (χ2v) is 6.00. The van der Waals surface area contributed by atoms with Gasteiger partial charge < -0.3 is 15.4 Å². The van der Waals surface area contributed by atoms with Gasteiger partial charge in [0.2, 0.25) is 5.91 Å². The van der Waals surface area contributed by atoms with E-state index in [0.717, 1.165) is 10.0 Å². The van der Waals surface area contributed by atoms with E-state index >= 15 is 0 Å². The van der Waals surface area contributed by atoms with Crippen LogP contribution in [0.1, 0.15) is 15.9 Å². The molecule has 0 fully saturated rings. The largest absolute Gasteiger partial charge is 0.383 e. The van der Waals surface area contributed by atoms with Gasteiger partial charge in [0, 0.05) is 23.8 Å². The molecule has 126 valence electrons. The predicted molar refractivity (Wildman–Crippen MR) is 97.1 cm³/mol. The predicted octanol–water partition coefficient (Wildman–Crippen LogP) is 3.01. The Bertz CT molecular complexity index is 702. The molecule has 0 aliphatic heterocycles. The van der Waals surface area contributed by atoms with Gasteiger partial charge in [0.05, 0.1) is 18.6 Å². The Morgan fingerprint density at radius 2 is 1.79 bits per heavy atom. The van der Waals surface area contributed by atoms with Gasteiger partial charge in [-0.2, -0.15) is 0 Å². The molecule has 2 rings (SSSR count). The smallest absolute Gasteiger partial charge is 0.256 e. The highest BCUT2D eigenvalue weighted by atomic mass is 79.9. The van der Waals surface area contributed by atoms with Crippen LogP contribution < -0.4 is 10.6 Å². The second-order valence-electron chi connectivity index (χ2n) is 5.15. The van der Waals surface area contributed by atoms with Gasteiger partial charge in [0.1, 0.15) is 0 Å². The third-order valence-electron chi connectivity index (χ3n) is 3.32. The molecule has 0 saturated carbocycles. The molecule has 0 spiro atoms. The quantitative estimate of drug-likeness (QED) is 0.714. The maximum absolute atomic E-state index is 12.2. The lowest BCUT2D eigenvalue weighted by Gasteiger charge is -2.08. The van der Waals surface area contributed by atoms with Crippen LogP contribution in [0.25, 0.3) is 0 Å². The van der Waals surface area contributed by atoms with E-state index in [2.05, 4.69) is 26.6 Å². The summed E-state index contributed by atoms with van der Waals surface area (Å²) in [6.45, 7) is 0.987. The summed E-state index contributed by atoms with van der Waals surface area (Å²) >= 11 is 3.36. The van der Waals surface area contributed by atoms with E-state index in [0.29, 0.717) is 30.8 Å². The molecule has 0 saturated heterocycles. The van der Waals surface area contributed by atoms with E-state index in [9.17, 15) is 9.59 Å². The number of carbonyl (C=O) groups is 2. The summed E-state index contributed by atoms with van der Waals surface area (Å²) in [6.07, 6.45) is 0.294. The molecule has 0 aliphatic carbocycles. The SMILES string of the molecule is COCCNC(=O)Cc1ccc(NC(=O)c2ccccc2Br)cc1. The van der Waals surface area contributed by atoms with Crippen molar-refractivity contribution < 1.29 is 14.3 Å². The topological polar surface area (TPSA) is 67.4 Å². The van der Waals surface area contributed by atoms with E-state index < -0.39 is 0 Å². The molecule has 0 bridgehead atoms. The van der Waals surface area contributed by atoms with E-state index in [4.69, 9.17) is 4.74 Å². The van der Waals surface area contributed by atoms with Crippen LogP contribution in [0, 0.1) is 0 Å². The number of rotatable bonds is 7. The van der Waals surface area contributed by atoms with Gasteiger partial charge in [0.15, 0.2) is 0 Å². The normalized spacial score (nSPS) is 10.2. The van der Waals surface area contributed by atoms with E-state index in [1.54, 1.807) is 25.3 Å². The van der Waals surface area contributed by atoms with E-state index in [1.165, 1.54) is 0 Å². The molecule has 0 heterocycles. The maximum atomic E-state index is 12.2. The van der Waals surface area contributed by atoms with E-state index in [-0.39, 0.29) is 11.8 Å². The number of methoxy groups -OCH3 is 1. The van der Waals surface area contributed by atoms with Crippen LogP contribution in [-0.2, 0) is 16.0 Å². The Morgan fingerprint density at radius 1 is 1.08 bits per heavy atom. The highest BCUT2D eigenvalue weighted by Crippen LogP contribution is 2.18. The molecule has 5 nitrogen and oxygen atoms in total.